The Kier molecular flexibility index (Phi) is 5.98. The lowest BCUT2D eigenvalue weighted by Gasteiger charge is -2.20. The first-order chi connectivity index (χ1) is 11.6. The number of rotatable bonds is 8. The van der Waals surface area contributed by atoms with E-state index in [-0.39, 0.29) is 17.9 Å². The van der Waals surface area contributed by atoms with Crippen molar-refractivity contribution in [2.75, 3.05) is 14.2 Å². The molecule has 5 heteroatoms. The molecule has 1 N–H and O–H groups in total. The number of aliphatic hydroxyl groups excluding tert-OH is 1. The Hall–Kier alpha value is -2.79. The molecular weight excluding hydrogens is 308 g/mol. The number of aliphatic hydroxyl groups is 1. The van der Waals surface area contributed by atoms with Gasteiger partial charge in [0.05, 0.1) is 19.8 Å². The maximum absolute atomic E-state index is 11.9. The van der Waals surface area contributed by atoms with Crippen LogP contribution in [0.5, 0.6) is 17.2 Å². The van der Waals surface area contributed by atoms with Gasteiger partial charge in [-0.2, -0.15) is 0 Å². The Balaban J connectivity index is 2.45. The molecule has 0 radical (unpaired) electrons. The van der Waals surface area contributed by atoms with Crippen LogP contribution in [0.15, 0.2) is 55.1 Å². The van der Waals surface area contributed by atoms with Crippen LogP contribution in [0.1, 0.15) is 17.2 Å². The van der Waals surface area contributed by atoms with Crippen LogP contribution in [0.2, 0.25) is 0 Å². The van der Waals surface area contributed by atoms with Gasteiger partial charge in [-0.05, 0) is 23.8 Å². The fourth-order valence-electron chi connectivity index (χ4n) is 2.29. The summed E-state index contributed by atoms with van der Waals surface area (Å²) in [5.41, 5.74) is 1.16. The van der Waals surface area contributed by atoms with Crippen molar-refractivity contribution in [3.63, 3.8) is 0 Å². The molecule has 0 amide bonds. The van der Waals surface area contributed by atoms with Crippen molar-refractivity contribution in [1.82, 2.24) is 0 Å². The van der Waals surface area contributed by atoms with E-state index < -0.39 is 11.9 Å². The summed E-state index contributed by atoms with van der Waals surface area (Å²) in [5, 5.41) is 10.4. The minimum atomic E-state index is -1.45. The molecule has 1 atom stereocenters. The van der Waals surface area contributed by atoms with Crippen molar-refractivity contribution < 1.29 is 24.1 Å². The lowest BCUT2D eigenvalue weighted by atomic mass is 10.0. The maximum Gasteiger partial charge on any atom is 0.188 e. The van der Waals surface area contributed by atoms with Gasteiger partial charge in [-0.15, -0.1) is 0 Å². The molecule has 0 heterocycles. The van der Waals surface area contributed by atoms with Gasteiger partial charge in [0.2, 0.25) is 0 Å². The highest BCUT2D eigenvalue weighted by atomic mass is 16.5. The molecule has 0 spiro atoms. The number of carbonyl (C=O) groups is 1. The molecule has 0 aliphatic carbocycles. The first-order valence-corrected chi connectivity index (χ1v) is 7.38. The number of ether oxygens (including phenoxy) is 3. The second-order valence-corrected chi connectivity index (χ2v) is 5.00. The normalized spacial score (nSPS) is 11.5. The monoisotopic (exact) mass is 328 g/mol. The molecule has 0 aromatic heterocycles. The van der Waals surface area contributed by atoms with Gasteiger partial charge in [0, 0.05) is 0 Å². The fourth-order valence-corrected chi connectivity index (χ4v) is 2.29. The van der Waals surface area contributed by atoms with Crippen LogP contribution in [0.4, 0.5) is 0 Å². The van der Waals surface area contributed by atoms with Crippen LogP contribution in [-0.2, 0) is 11.4 Å². The van der Waals surface area contributed by atoms with Crippen LogP contribution >= 0.6 is 0 Å². The average Bonchev–Trinajstić information content (AvgIpc) is 2.64. The lowest BCUT2D eigenvalue weighted by Crippen LogP contribution is -2.13. The van der Waals surface area contributed by atoms with Crippen LogP contribution in [0.3, 0.4) is 0 Å². The van der Waals surface area contributed by atoms with Crippen molar-refractivity contribution in [1.29, 1.82) is 0 Å². The average molecular weight is 328 g/mol. The van der Waals surface area contributed by atoms with E-state index in [4.69, 9.17) is 14.2 Å². The molecule has 0 saturated heterocycles. The predicted octanol–water partition coefficient (Wildman–Crippen LogP) is 3.07. The smallest absolute Gasteiger partial charge is 0.188 e. The van der Waals surface area contributed by atoms with Crippen molar-refractivity contribution >= 4 is 5.78 Å². The summed E-state index contributed by atoms with van der Waals surface area (Å²) in [6.07, 6.45) is -0.386. The van der Waals surface area contributed by atoms with Gasteiger partial charge in [-0.1, -0.05) is 36.9 Å². The minimum absolute atomic E-state index is 0.220. The standard InChI is InChI=1S/C19H20O5/c1-4-14(20)18(21)17-15(22-2)10-11-16(23-3)19(17)24-12-13-8-6-5-7-9-13/h4-11,18,21H,1,12H2,2-3H3. The van der Waals surface area contributed by atoms with Gasteiger partial charge in [-0.3, -0.25) is 4.79 Å². The SMILES string of the molecule is C=CC(=O)C(O)c1c(OC)ccc(OC)c1OCc1ccccc1. The summed E-state index contributed by atoms with van der Waals surface area (Å²) in [5.74, 6) is 0.453. The Bertz CT molecular complexity index is 709. The third-order valence-corrected chi connectivity index (χ3v) is 3.53. The van der Waals surface area contributed by atoms with Crippen molar-refractivity contribution in [3.05, 3.63) is 66.2 Å². The van der Waals surface area contributed by atoms with E-state index in [0.29, 0.717) is 11.5 Å². The second kappa shape index (κ2) is 8.17. The van der Waals surface area contributed by atoms with Crippen molar-refractivity contribution in [2.24, 2.45) is 0 Å². The van der Waals surface area contributed by atoms with Gasteiger partial charge in [-0.25, -0.2) is 0 Å². The quantitative estimate of drug-likeness (QED) is 0.755. The van der Waals surface area contributed by atoms with Crippen LogP contribution in [0, 0.1) is 0 Å². The highest BCUT2D eigenvalue weighted by Gasteiger charge is 2.26. The number of benzene rings is 2. The topological polar surface area (TPSA) is 65.0 Å². The highest BCUT2D eigenvalue weighted by molar-refractivity contribution is 5.94. The molecule has 0 saturated carbocycles. The van der Waals surface area contributed by atoms with E-state index in [9.17, 15) is 9.90 Å². The van der Waals surface area contributed by atoms with E-state index in [0.717, 1.165) is 11.6 Å². The zero-order chi connectivity index (χ0) is 17.5. The molecule has 24 heavy (non-hydrogen) atoms. The molecule has 0 bridgehead atoms. The largest absolute Gasteiger partial charge is 0.496 e. The van der Waals surface area contributed by atoms with Crippen molar-refractivity contribution in [2.45, 2.75) is 12.7 Å². The van der Waals surface area contributed by atoms with E-state index in [2.05, 4.69) is 6.58 Å². The van der Waals surface area contributed by atoms with Crippen LogP contribution in [-0.4, -0.2) is 25.1 Å². The maximum atomic E-state index is 11.9. The fraction of sp³-hybridized carbons (Fsp3) is 0.211. The van der Waals surface area contributed by atoms with E-state index >= 15 is 0 Å². The zero-order valence-corrected chi connectivity index (χ0v) is 13.7. The lowest BCUT2D eigenvalue weighted by molar-refractivity contribution is -0.122. The highest BCUT2D eigenvalue weighted by Crippen LogP contribution is 2.42. The van der Waals surface area contributed by atoms with Gasteiger partial charge in [0.15, 0.2) is 17.3 Å². The number of hydrogen-bond acceptors (Lipinski definition) is 5. The Labute approximate surface area is 141 Å². The summed E-state index contributed by atoms with van der Waals surface area (Å²) in [7, 11) is 2.94. The summed E-state index contributed by atoms with van der Waals surface area (Å²) in [6.45, 7) is 3.66. The Morgan fingerprint density at radius 3 is 2.33 bits per heavy atom. The van der Waals surface area contributed by atoms with E-state index in [1.165, 1.54) is 14.2 Å². The Morgan fingerprint density at radius 2 is 1.75 bits per heavy atom. The van der Waals surface area contributed by atoms with Crippen molar-refractivity contribution in [3.8, 4) is 17.2 Å². The predicted molar refractivity (Wildman–Crippen MR) is 90.5 cm³/mol. The molecular formula is C19H20O5. The number of carbonyl (C=O) groups excluding carboxylic acids is 1. The molecule has 0 fully saturated rings. The first kappa shape index (κ1) is 17.6. The van der Waals surface area contributed by atoms with Gasteiger partial charge < -0.3 is 19.3 Å². The summed E-state index contributed by atoms with van der Waals surface area (Å²) >= 11 is 0. The van der Waals surface area contributed by atoms with E-state index in [1.807, 2.05) is 30.3 Å². The first-order valence-electron chi connectivity index (χ1n) is 7.38. The van der Waals surface area contributed by atoms with Gasteiger partial charge in [0.1, 0.15) is 18.5 Å². The summed E-state index contributed by atoms with van der Waals surface area (Å²) < 4.78 is 16.4. The molecule has 5 nitrogen and oxygen atoms in total. The van der Waals surface area contributed by atoms with Gasteiger partial charge in [0.25, 0.3) is 0 Å². The molecule has 2 aromatic carbocycles. The number of methoxy groups -OCH3 is 2. The molecule has 0 aliphatic heterocycles. The number of ketones is 1. The minimum Gasteiger partial charge on any atom is -0.496 e. The molecule has 2 aromatic rings. The van der Waals surface area contributed by atoms with E-state index in [1.54, 1.807) is 12.1 Å². The third-order valence-electron chi connectivity index (χ3n) is 3.53. The zero-order valence-electron chi connectivity index (χ0n) is 13.7. The third kappa shape index (κ3) is 3.75. The molecule has 0 aliphatic rings. The molecule has 126 valence electrons. The van der Waals surface area contributed by atoms with Crippen LogP contribution in [0.25, 0.3) is 0 Å². The number of hydrogen-bond donors (Lipinski definition) is 1. The molecule has 2 rings (SSSR count). The van der Waals surface area contributed by atoms with Crippen LogP contribution < -0.4 is 14.2 Å². The summed E-state index contributed by atoms with van der Waals surface area (Å²) in [4.78, 5) is 11.9. The van der Waals surface area contributed by atoms with Gasteiger partial charge >= 0.3 is 0 Å². The molecule has 1 unspecified atom stereocenters. The second-order valence-electron chi connectivity index (χ2n) is 5.00. The Morgan fingerprint density at radius 1 is 1.12 bits per heavy atom. The summed E-state index contributed by atoms with van der Waals surface area (Å²) in [6, 6.07) is 12.8.